The van der Waals surface area contributed by atoms with E-state index in [0.717, 1.165) is 5.56 Å². The van der Waals surface area contributed by atoms with Gasteiger partial charge in [0.15, 0.2) is 0 Å². The van der Waals surface area contributed by atoms with Gasteiger partial charge in [-0.3, -0.25) is 9.69 Å². The normalized spacial score (nSPS) is 22.1. The number of imide groups is 1. The first kappa shape index (κ1) is 25.1. The first-order valence-corrected chi connectivity index (χ1v) is 14.0. The summed E-state index contributed by atoms with van der Waals surface area (Å²) in [6.07, 6.45) is 2.05. The van der Waals surface area contributed by atoms with Crippen LogP contribution < -0.4 is 4.90 Å². The van der Waals surface area contributed by atoms with Gasteiger partial charge in [0.05, 0.1) is 21.5 Å². The third-order valence-electron chi connectivity index (χ3n) is 6.90. The van der Waals surface area contributed by atoms with Crippen molar-refractivity contribution < 1.29 is 9.59 Å². The van der Waals surface area contributed by atoms with Gasteiger partial charge in [-0.15, -0.1) is 23.1 Å². The lowest BCUT2D eigenvalue weighted by molar-refractivity contribution is -0.124. The van der Waals surface area contributed by atoms with E-state index in [1.165, 1.54) is 14.0 Å². The summed E-state index contributed by atoms with van der Waals surface area (Å²) in [6, 6.07) is 18.0. The summed E-state index contributed by atoms with van der Waals surface area (Å²) < 4.78 is 1.23. The van der Waals surface area contributed by atoms with Crippen LogP contribution in [0.15, 0.2) is 58.8 Å². The number of benzene rings is 2. The number of thioether (sulfide) groups is 1. The van der Waals surface area contributed by atoms with Crippen LogP contribution in [-0.2, 0) is 11.3 Å². The molecular formula is C26H22Cl2N4O2S2. The second-order valence-corrected chi connectivity index (χ2v) is 12.1. The van der Waals surface area contributed by atoms with E-state index in [1.807, 2.05) is 12.1 Å². The Morgan fingerprint density at radius 3 is 2.42 bits per heavy atom. The first-order chi connectivity index (χ1) is 17.3. The molecular weight excluding hydrogens is 535 g/mol. The minimum Gasteiger partial charge on any atom is -0.310 e. The topological polar surface area (TPSA) is 67.6 Å². The lowest BCUT2D eigenvalue weighted by Gasteiger charge is -2.34. The van der Waals surface area contributed by atoms with Crippen LogP contribution in [0.2, 0.25) is 10.0 Å². The summed E-state index contributed by atoms with van der Waals surface area (Å²) in [5.74, 6) is -0.590. The number of hydrogen-bond donors (Lipinski definition) is 0. The zero-order valence-electron chi connectivity index (χ0n) is 19.6. The molecule has 0 saturated carbocycles. The van der Waals surface area contributed by atoms with Crippen molar-refractivity contribution in [1.29, 1.82) is 5.26 Å². The number of urea groups is 1. The SMILES string of the molecule is CSc1ccc(CN2C[C@@H](c3ccc(C#N)cc3)[C@]3(C2)C(=O)N(c2cc(Cl)cc(Cl)c2)C(=O)N3C)s1. The summed E-state index contributed by atoms with van der Waals surface area (Å²) >= 11 is 15.9. The highest BCUT2D eigenvalue weighted by molar-refractivity contribution is 8.00. The number of halogens is 2. The lowest BCUT2D eigenvalue weighted by atomic mass is 9.80. The number of hydrogen-bond acceptors (Lipinski definition) is 6. The summed E-state index contributed by atoms with van der Waals surface area (Å²) in [5, 5.41) is 9.95. The number of amides is 3. The Balaban J connectivity index is 1.57. The quantitative estimate of drug-likeness (QED) is 0.281. The van der Waals surface area contributed by atoms with Crippen molar-refractivity contribution in [2.24, 2.45) is 0 Å². The summed E-state index contributed by atoms with van der Waals surface area (Å²) in [6.45, 7) is 1.65. The molecule has 5 rings (SSSR count). The van der Waals surface area contributed by atoms with Crippen molar-refractivity contribution in [3.05, 3.63) is 80.6 Å². The van der Waals surface area contributed by atoms with Gasteiger partial charge in [-0.25, -0.2) is 9.69 Å². The summed E-state index contributed by atoms with van der Waals surface area (Å²) in [7, 11) is 1.68. The number of thiophene rings is 1. The highest BCUT2D eigenvalue weighted by atomic mass is 35.5. The number of carbonyl (C=O) groups excluding carboxylic acids is 2. The monoisotopic (exact) mass is 556 g/mol. The molecule has 0 unspecified atom stereocenters. The van der Waals surface area contributed by atoms with Crippen molar-refractivity contribution in [3.63, 3.8) is 0 Å². The highest BCUT2D eigenvalue weighted by Gasteiger charge is 2.64. The molecule has 2 aliphatic rings. The van der Waals surface area contributed by atoms with Crippen LogP contribution >= 0.6 is 46.3 Å². The molecule has 2 fully saturated rings. The Kier molecular flexibility index (Phi) is 6.79. The van der Waals surface area contributed by atoms with Crippen LogP contribution in [0.4, 0.5) is 10.5 Å². The third-order valence-corrected chi connectivity index (χ3v) is 9.49. The van der Waals surface area contributed by atoms with E-state index >= 15 is 0 Å². The van der Waals surface area contributed by atoms with Gasteiger partial charge in [-0.05, 0) is 54.3 Å². The number of nitrogens with zero attached hydrogens (tertiary/aromatic N) is 4. The van der Waals surface area contributed by atoms with Crippen molar-refractivity contribution in [1.82, 2.24) is 9.80 Å². The fourth-order valence-corrected chi connectivity index (χ4v) is 7.34. The molecule has 184 valence electrons. The lowest BCUT2D eigenvalue weighted by Crippen LogP contribution is -2.53. The molecule has 2 aromatic carbocycles. The van der Waals surface area contributed by atoms with Crippen LogP contribution in [0.5, 0.6) is 0 Å². The molecule has 3 aromatic rings. The fraction of sp³-hybridized carbons (Fsp3) is 0.269. The van der Waals surface area contributed by atoms with Crippen molar-refractivity contribution in [2.75, 3.05) is 31.3 Å². The van der Waals surface area contributed by atoms with E-state index in [-0.39, 0.29) is 11.8 Å². The molecule has 1 spiro atoms. The largest absolute Gasteiger partial charge is 0.332 e. The number of carbonyl (C=O) groups is 2. The van der Waals surface area contributed by atoms with Gasteiger partial charge in [0.1, 0.15) is 5.54 Å². The summed E-state index contributed by atoms with van der Waals surface area (Å²) in [4.78, 5) is 34.0. The number of rotatable bonds is 5. The predicted octanol–water partition coefficient (Wildman–Crippen LogP) is 6.09. The Hall–Kier alpha value is -2.54. The van der Waals surface area contributed by atoms with Gasteiger partial charge >= 0.3 is 6.03 Å². The van der Waals surface area contributed by atoms with Crippen molar-refractivity contribution in [2.45, 2.75) is 22.2 Å². The summed E-state index contributed by atoms with van der Waals surface area (Å²) in [5.41, 5.74) is 0.695. The Labute approximate surface area is 228 Å². The minimum absolute atomic E-state index is 0.286. The number of likely N-dealkylation sites (N-methyl/N-ethyl adjacent to an activating group) is 1. The molecule has 10 heteroatoms. The maximum absolute atomic E-state index is 14.2. The van der Waals surface area contributed by atoms with Gasteiger partial charge in [0.2, 0.25) is 0 Å². The molecule has 2 aliphatic heterocycles. The van der Waals surface area contributed by atoms with Gasteiger partial charge in [0.25, 0.3) is 5.91 Å². The van der Waals surface area contributed by atoms with E-state index in [1.54, 1.807) is 65.4 Å². The molecule has 0 radical (unpaired) electrons. The third kappa shape index (κ3) is 4.19. The minimum atomic E-state index is -1.11. The highest BCUT2D eigenvalue weighted by Crippen LogP contribution is 2.47. The predicted molar refractivity (Wildman–Crippen MR) is 145 cm³/mol. The van der Waals surface area contributed by atoms with E-state index in [9.17, 15) is 14.9 Å². The smallest absolute Gasteiger partial charge is 0.310 e. The second kappa shape index (κ2) is 9.73. The molecule has 0 aliphatic carbocycles. The zero-order chi connectivity index (χ0) is 25.6. The Bertz CT molecular complexity index is 1370. The van der Waals surface area contributed by atoms with E-state index in [2.05, 4.69) is 29.4 Å². The number of nitriles is 1. The van der Waals surface area contributed by atoms with Gasteiger partial charge in [-0.2, -0.15) is 5.26 Å². The molecule has 2 saturated heterocycles. The van der Waals surface area contributed by atoms with Crippen LogP contribution in [0.25, 0.3) is 0 Å². The molecule has 6 nitrogen and oxygen atoms in total. The maximum atomic E-state index is 14.2. The van der Waals surface area contributed by atoms with Crippen LogP contribution in [0, 0.1) is 11.3 Å². The van der Waals surface area contributed by atoms with E-state index < -0.39 is 11.6 Å². The van der Waals surface area contributed by atoms with Gasteiger partial charge in [-0.1, -0.05) is 35.3 Å². The van der Waals surface area contributed by atoms with Crippen molar-refractivity contribution in [3.8, 4) is 6.07 Å². The second-order valence-electron chi connectivity index (χ2n) is 8.91. The van der Waals surface area contributed by atoms with E-state index in [4.69, 9.17) is 23.2 Å². The molecule has 3 heterocycles. The fourth-order valence-electron chi connectivity index (χ4n) is 5.19. The average molecular weight is 558 g/mol. The maximum Gasteiger partial charge on any atom is 0.332 e. The number of anilines is 1. The van der Waals surface area contributed by atoms with Crippen LogP contribution in [-0.4, -0.2) is 53.7 Å². The molecule has 1 aromatic heterocycles. The van der Waals surface area contributed by atoms with Gasteiger partial charge < -0.3 is 4.90 Å². The molecule has 3 amide bonds. The Morgan fingerprint density at radius 1 is 1.11 bits per heavy atom. The average Bonchev–Trinajstić information content (AvgIpc) is 3.52. The first-order valence-electron chi connectivity index (χ1n) is 11.2. The Morgan fingerprint density at radius 2 is 1.81 bits per heavy atom. The van der Waals surface area contributed by atoms with Crippen molar-refractivity contribution >= 4 is 63.9 Å². The molecule has 36 heavy (non-hydrogen) atoms. The zero-order valence-corrected chi connectivity index (χ0v) is 22.7. The van der Waals surface area contributed by atoms with Crippen LogP contribution in [0.3, 0.4) is 0 Å². The molecule has 0 bridgehead atoms. The molecule has 0 N–H and O–H groups in total. The van der Waals surface area contributed by atoms with Crippen LogP contribution in [0.1, 0.15) is 21.9 Å². The molecule has 2 atom stereocenters. The van der Waals surface area contributed by atoms with E-state index in [0.29, 0.717) is 40.9 Å². The number of likely N-dealkylation sites (tertiary alicyclic amines) is 1. The standard InChI is InChI=1S/C26H22Cl2N4O2S2/c1-30-25(34)32(20-10-18(27)9-19(28)11-20)24(33)26(30)15-31(13-21-7-8-23(35-2)36-21)14-22(26)17-5-3-16(12-29)4-6-17/h3-11,22H,13-15H2,1-2H3/t22-,26+/m0/s1. The van der Waals surface area contributed by atoms with Gasteiger partial charge in [0, 0.05) is 47.5 Å².